The summed E-state index contributed by atoms with van der Waals surface area (Å²) >= 11 is 0. The average Bonchev–Trinajstić information content (AvgIpc) is 3.11. The number of rotatable bonds is 5. The summed E-state index contributed by atoms with van der Waals surface area (Å²) in [5.41, 5.74) is 0.207. The summed E-state index contributed by atoms with van der Waals surface area (Å²) in [7, 11) is 0. The molecule has 1 fully saturated rings. The Hall–Kier alpha value is -1.98. The zero-order valence-electron chi connectivity index (χ0n) is 10.0. The van der Waals surface area contributed by atoms with Crippen LogP contribution in [0.1, 0.15) is 24.3 Å². The molecular formula is C13H13F2NO3. The largest absolute Gasteiger partial charge is 0.481 e. The third-order valence-electron chi connectivity index (χ3n) is 3.12. The lowest BCUT2D eigenvalue weighted by Gasteiger charge is -2.04. The highest BCUT2D eigenvalue weighted by atomic mass is 19.1. The second-order valence-corrected chi connectivity index (χ2v) is 4.55. The molecule has 2 N–H and O–H groups in total. The van der Waals surface area contributed by atoms with Gasteiger partial charge in [-0.3, -0.25) is 9.59 Å². The van der Waals surface area contributed by atoms with Gasteiger partial charge in [0.1, 0.15) is 11.6 Å². The molecule has 0 bridgehead atoms. The Morgan fingerprint density at radius 3 is 2.79 bits per heavy atom. The molecule has 1 amide bonds. The Bertz CT molecular complexity index is 519. The molecule has 1 aliphatic rings. The fourth-order valence-corrected chi connectivity index (χ4v) is 2.05. The molecule has 1 aliphatic carbocycles. The maximum absolute atomic E-state index is 13.5. The number of halogens is 2. The topological polar surface area (TPSA) is 66.4 Å². The van der Waals surface area contributed by atoms with Gasteiger partial charge in [-0.15, -0.1) is 0 Å². The highest BCUT2D eigenvalue weighted by Gasteiger charge is 2.45. The first-order valence-corrected chi connectivity index (χ1v) is 5.93. The molecule has 19 heavy (non-hydrogen) atoms. The summed E-state index contributed by atoms with van der Waals surface area (Å²) in [6.07, 6.45) is 0.302. The van der Waals surface area contributed by atoms with Crippen molar-refractivity contribution >= 4 is 11.9 Å². The van der Waals surface area contributed by atoms with E-state index < -0.39 is 23.5 Å². The van der Waals surface area contributed by atoms with Crippen molar-refractivity contribution < 1.29 is 23.5 Å². The SMILES string of the molecule is O=C(O)CCNC(=O)[C@@H]1C[C@@H]1c1cc(F)ccc1F. The second-order valence-electron chi connectivity index (χ2n) is 4.55. The molecule has 0 spiro atoms. The minimum atomic E-state index is -0.996. The van der Waals surface area contributed by atoms with Crippen LogP contribution in [0.15, 0.2) is 18.2 Å². The Morgan fingerprint density at radius 1 is 1.37 bits per heavy atom. The number of carbonyl (C=O) groups excluding carboxylic acids is 1. The summed E-state index contributed by atoms with van der Waals surface area (Å²) in [4.78, 5) is 21.9. The lowest BCUT2D eigenvalue weighted by Crippen LogP contribution is -2.27. The van der Waals surface area contributed by atoms with Crippen molar-refractivity contribution in [1.29, 1.82) is 0 Å². The van der Waals surface area contributed by atoms with Crippen LogP contribution in [-0.4, -0.2) is 23.5 Å². The maximum atomic E-state index is 13.5. The van der Waals surface area contributed by atoms with Gasteiger partial charge >= 0.3 is 5.97 Å². The van der Waals surface area contributed by atoms with Gasteiger partial charge in [-0.1, -0.05) is 0 Å². The van der Waals surface area contributed by atoms with Gasteiger partial charge in [-0.25, -0.2) is 8.78 Å². The van der Waals surface area contributed by atoms with Crippen LogP contribution < -0.4 is 5.32 Å². The van der Waals surface area contributed by atoms with E-state index in [1.165, 1.54) is 0 Å². The molecular weight excluding hydrogens is 256 g/mol. The molecule has 102 valence electrons. The molecule has 0 aromatic heterocycles. The van der Waals surface area contributed by atoms with Crippen LogP contribution in [0, 0.1) is 17.6 Å². The van der Waals surface area contributed by atoms with E-state index in [4.69, 9.17) is 5.11 Å². The second kappa shape index (κ2) is 5.34. The fourth-order valence-electron chi connectivity index (χ4n) is 2.05. The zero-order valence-corrected chi connectivity index (χ0v) is 10.0. The van der Waals surface area contributed by atoms with Crippen molar-refractivity contribution in [3.8, 4) is 0 Å². The van der Waals surface area contributed by atoms with Gasteiger partial charge in [-0.2, -0.15) is 0 Å². The predicted octanol–water partition coefficient (Wildman–Crippen LogP) is 1.66. The Kier molecular flexibility index (Phi) is 3.78. The van der Waals surface area contributed by atoms with Crippen molar-refractivity contribution in [3.05, 3.63) is 35.4 Å². The van der Waals surface area contributed by atoms with E-state index in [-0.39, 0.29) is 30.4 Å². The molecule has 0 radical (unpaired) electrons. The molecule has 4 nitrogen and oxygen atoms in total. The summed E-state index contributed by atoms with van der Waals surface area (Å²) < 4.78 is 26.5. The van der Waals surface area contributed by atoms with Crippen molar-refractivity contribution in [2.24, 2.45) is 5.92 Å². The third kappa shape index (κ3) is 3.27. The number of aliphatic carboxylic acids is 1. The van der Waals surface area contributed by atoms with Gasteiger partial charge in [0.15, 0.2) is 0 Å². The van der Waals surface area contributed by atoms with Gasteiger partial charge in [0.2, 0.25) is 5.91 Å². The molecule has 0 aliphatic heterocycles. The molecule has 6 heteroatoms. The molecule has 1 saturated carbocycles. The van der Waals surface area contributed by atoms with Crippen molar-refractivity contribution in [1.82, 2.24) is 5.32 Å². The van der Waals surface area contributed by atoms with E-state index >= 15 is 0 Å². The van der Waals surface area contributed by atoms with Crippen LogP contribution in [0.2, 0.25) is 0 Å². The first-order valence-electron chi connectivity index (χ1n) is 5.93. The van der Waals surface area contributed by atoms with Crippen LogP contribution >= 0.6 is 0 Å². The number of nitrogens with one attached hydrogen (secondary N) is 1. The summed E-state index contributed by atoms with van der Waals surface area (Å²) in [6, 6.07) is 3.18. The van der Waals surface area contributed by atoms with Gasteiger partial charge in [0, 0.05) is 12.5 Å². The standard InChI is InChI=1S/C13H13F2NO3/c14-7-1-2-11(15)9(5-7)8-6-10(8)13(19)16-4-3-12(17)18/h1-2,5,8,10H,3-4,6H2,(H,16,19)(H,17,18)/t8-,10-/m1/s1. The van der Waals surface area contributed by atoms with E-state index in [0.717, 1.165) is 18.2 Å². The van der Waals surface area contributed by atoms with Crippen molar-refractivity contribution in [3.63, 3.8) is 0 Å². The average molecular weight is 269 g/mol. The third-order valence-corrected chi connectivity index (χ3v) is 3.12. The molecule has 0 saturated heterocycles. The number of carbonyl (C=O) groups is 2. The molecule has 0 heterocycles. The van der Waals surface area contributed by atoms with Crippen LogP contribution in [0.3, 0.4) is 0 Å². The van der Waals surface area contributed by atoms with Gasteiger partial charge in [0.25, 0.3) is 0 Å². The molecule has 1 aromatic carbocycles. The molecule has 2 atom stereocenters. The van der Waals surface area contributed by atoms with Gasteiger partial charge in [0.05, 0.1) is 6.42 Å². The van der Waals surface area contributed by atoms with Gasteiger partial charge in [-0.05, 0) is 36.1 Å². The van der Waals surface area contributed by atoms with E-state index in [1.807, 2.05) is 0 Å². The molecule has 1 aromatic rings. The number of benzene rings is 1. The number of carboxylic acids is 1. The first kappa shape index (κ1) is 13.5. The van der Waals surface area contributed by atoms with Crippen molar-refractivity contribution in [2.45, 2.75) is 18.8 Å². The monoisotopic (exact) mass is 269 g/mol. The van der Waals surface area contributed by atoms with Crippen LogP contribution in [0.25, 0.3) is 0 Å². The van der Waals surface area contributed by atoms with E-state index in [0.29, 0.717) is 6.42 Å². The van der Waals surface area contributed by atoms with E-state index in [2.05, 4.69) is 5.32 Å². The Balaban J connectivity index is 1.91. The number of carboxylic acid groups (broad SMARTS) is 1. The number of amides is 1. The number of hydrogen-bond acceptors (Lipinski definition) is 2. The predicted molar refractivity (Wildman–Crippen MR) is 62.5 cm³/mol. The van der Waals surface area contributed by atoms with Crippen LogP contribution in [0.4, 0.5) is 8.78 Å². The normalized spacial score (nSPS) is 20.9. The quantitative estimate of drug-likeness (QED) is 0.854. The summed E-state index contributed by atoms with van der Waals surface area (Å²) in [6.45, 7) is 0.0447. The number of hydrogen-bond donors (Lipinski definition) is 2. The smallest absolute Gasteiger partial charge is 0.305 e. The first-order chi connectivity index (χ1) is 8.99. The fraction of sp³-hybridized carbons (Fsp3) is 0.385. The van der Waals surface area contributed by atoms with E-state index in [1.54, 1.807) is 0 Å². The highest BCUT2D eigenvalue weighted by molar-refractivity contribution is 5.83. The van der Waals surface area contributed by atoms with Crippen LogP contribution in [0.5, 0.6) is 0 Å². The summed E-state index contributed by atoms with van der Waals surface area (Å²) in [5.74, 6) is -3.08. The van der Waals surface area contributed by atoms with Crippen LogP contribution in [-0.2, 0) is 9.59 Å². The van der Waals surface area contributed by atoms with Gasteiger partial charge < -0.3 is 10.4 Å². The van der Waals surface area contributed by atoms with E-state index in [9.17, 15) is 18.4 Å². The Labute approximate surface area is 108 Å². The molecule has 0 unspecified atom stereocenters. The Morgan fingerprint density at radius 2 is 2.11 bits per heavy atom. The highest BCUT2D eigenvalue weighted by Crippen LogP contribution is 2.48. The molecule has 2 rings (SSSR count). The minimum Gasteiger partial charge on any atom is -0.481 e. The minimum absolute atomic E-state index is 0.0447. The van der Waals surface area contributed by atoms with Crippen molar-refractivity contribution in [2.75, 3.05) is 6.54 Å². The maximum Gasteiger partial charge on any atom is 0.305 e. The zero-order chi connectivity index (χ0) is 14.0. The summed E-state index contributed by atoms with van der Waals surface area (Å²) in [5, 5.41) is 10.9. The lowest BCUT2D eigenvalue weighted by molar-refractivity contribution is -0.136. The lowest BCUT2D eigenvalue weighted by atomic mass is 10.1.